The molecule has 1 aromatic heterocycles. The second-order valence-electron chi connectivity index (χ2n) is 8.39. The molecule has 4 rings (SSSR count). The van der Waals surface area contributed by atoms with E-state index in [9.17, 15) is 4.79 Å². The minimum atomic E-state index is 0.205. The van der Waals surface area contributed by atoms with Crippen molar-refractivity contribution in [3.05, 3.63) is 64.7 Å². The summed E-state index contributed by atoms with van der Waals surface area (Å²) < 4.78 is 1.25. The smallest absolute Gasteiger partial charge is 0.220 e. The van der Waals surface area contributed by atoms with E-state index < -0.39 is 0 Å². The number of thiazole rings is 1. The van der Waals surface area contributed by atoms with Crippen molar-refractivity contribution in [1.29, 1.82) is 0 Å². The molecule has 1 N–H and O–H groups in total. The first-order chi connectivity index (χ1) is 14.7. The molecule has 0 aliphatic carbocycles. The molecule has 1 fully saturated rings. The van der Waals surface area contributed by atoms with E-state index in [1.165, 1.54) is 20.8 Å². The molecule has 1 amide bonds. The number of nitrogens with one attached hydrogen (secondary N) is 1. The molecule has 0 saturated carbocycles. The van der Waals surface area contributed by atoms with Crippen molar-refractivity contribution < 1.29 is 4.79 Å². The number of carbonyl (C=O) groups is 1. The fourth-order valence-corrected chi connectivity index (χ4v) is 5.20. The van der Waals surface area contributed by atoms with Crippen LogP contribution in [0.4, 0.5) is 0 Å². The normalized spacial score (nSPS) is 15.5. The predicted molar refractivity (Wildman–Crippen MR) is 125 cm³/mol. The van der Waals surface area contributed by atoms with Gasteiger partial charge in [0.15, 0.2) is 0 Å². The average Bonchev–Trinajstić information content (AvgIpc) is 3.16. The van der Waals surface area contributed by atoms with E-state index in [0.29, 0.717) is 12.5 Å². The molecule has 2 heterocycles. The van der Waals surface area contributed by atoms with Crippen LogP contribution in [-0.4, -0.2) is 34.9 Å². The molecule has 1 saturated heterocycles. The first-order valence-electron chi connectivity index (χ1n) is 11.1. The number of hydrogen-bond donors (Lipinski definition) is 1. The standard InChI is InChI=1S/C25H31N3OS/c1-19-7-6-8-20(17-19)18-28-15-13-21(14-16-28)26-24(29)11-4-5-12-25-27-22-9-2-3-10-23(22)30-25/h2-3,6-10,17,21H,4-5,11-16,18H2,1H3,(H,26,29). The molecule has 3 aromatic rings. The highest BCUT2D eigenvalue weighted by Gasteiger charge is 2.20. The first kappa shape index (κ1) is 21.0. The van der Waals surface area contributed by atoms with Crippen LogP contribution in [0.2, 0.25) is 0 Å². The van der Waals surface area contributed by atoms with Crippen molar-refractivity contribution in [2.24, 2.45) is 0 Å². The van der Waals surface area contributed by atoms with E-state index >= 15 is 0 Å². The Hall–Kier alpha value is -2.24. The maximum atomic E-state index is 12.3. The van der Waals surface area contributed by atoms with Gasteiger partial charge in [-0.15, -0.1) is 11.3 Å². The molecule has 5 heteroatoms. The van der Waals surface area contributed by atoms with Crippen LogP contribution >= 0.6 is 11.3 Å². The minimum absolute atomic E-state index is 0.205. The van der Waals surface area contributed by atoms with Gasteiger partial charge in [0.2, 0.25) is 5.91 Å². The highest BCUT2D eigenvalue weighted by molar-refractivity contribution is 7.18. The zero-order chi connectivity index (χ0) is 20.8. The van der Waals surface area contributed by atoms with Crippen LogP contribution in [0, 0.1) is 6.92 Å². The van der Waals surface area contributed by atoms with Gasteiger partial charge in [0, 0.05) is 32.1 Å². The lowest BCUT2D eigenvalue weighted by atomic mass is 10.0. The maximum absolute atomic E-state index is 12.3. The third kappa shape index (κ3) is 5.89. The van der Waals surface area contributed by atoms with Crippen molar-refractivity contribution in [2.45, 2.75) is 58.0 Å². The Balaban J connectivity index is 1.12. The Kier molecular flexibility index (Phi) is 7.13. The molecular formula is C25H31N3OS. The summed E-state index contributed by atoms with van der Waals surface area (Å²) in [6.45, 7) is 5.26. The second-order valence-corrected chi connectivity index (χ2v) is 9.50. The van der Waals surface area contributed by atoms with Gasteiger partial charge in [-0.25, -0.2) is 4.98 Å². The van der Waals surface area contributed by atoms with Gasteiger partial charge in [-0.3, -0.25) is 9.69 Å². The summed E-state index contributed by atoms with van der Waals surface area (Å²) >= 11 is 1.77. The Bertz CT molecular complexity index is 942. The van der Waals surface area contributed by atoms with Gasteiger partial charge in [-0.05, 0) is 56.7 Å². The number of nitrogens with zero attached hydrogens (tertiary/aromatic N) is 2. The summed E-state index contributed by atoms with van der Waals surface area (Å²) in [6.07, 6.45) is 5.61. The lowest BCUT2D eigenvalue weighted by molar-refractivity contribution is -0.122. The number of aromatic nitrogens is 1. The summed E-state index contributed by atoms with van der Waals surface area (Å²) in [7, 11) is 0. The van der Waals surface area contributed by atoms with Crippen LogP contribution in [0.1, 0.15) is 48.2 Å². The molecule has 2 aromatic carbocycles. The van der Waals surface area contributed by atoms with Crippen LogP contribution in [-0.2, 0) is 17.8 Å². The number of amides is 1. The van der Waals surface area contributed by atoms with Gasteiger partial charge < -0.3 is 5.32 Å². The van der Waals surface area contributed by atoms with E-state index in [1.807, 2.05) is 6.07 Å². The number of para-hydroxylation sites is 1. The summed E-state index contributed by atoms with van der Waals surface area (Å²) in [5.41, 5.74) is 3.78. The zero-order valence-corrected chi connectivity index (χ0v) is 18.6. The number of aryl methyl sites for hydroxylation is 2. The summed E-state index contributed by atoms with van der Waals surface area (Å²) in [5.74, 6) is 0.205. The minimum Gasteiger partial charge on any atom is -0.353 e. The highest BCUT2D eigenvalue weighted by atomic mass is 32.1. The van der Waals surface area contributed by atoms with Gasteiger partial charge in [0.1, 0.15) is 0 Å². The summed E-state index contributed by atoms with van der Waals surface area (Å²) in [6, 6.07) is 17.3. The van der Waals surface area contributed by atoms with E-state index in [-0.39, 0.29) is 5.91 Å². The van der Waals surface area contributed by atoms with E-state index in [4.69, 9.17) is 0 Å². The molecule has 1 aliphatic rings. The second kappa shape index (κ2) is 10.2. The monoisotopic (exact) mass is 421 g/mol. The van der Waals surface area contributed by atoms with Crippen LogP contribution in [0.25, 0.3) is 10.2 Å². The van der Waals surface area contributed by atoms with Crippen LogP contribution in [0.5, 0.6) is 0 Å². The van der Waals surface area contributed by atoms with Gasteiger partial charge in [0.25, 0.3) is 0 Å². The van der Waals surface area contributed by atoms with Gasteiger partial charge in [0.05, 0.1) is 15.2 Å². The number of likely N-dealkylation sites (tertiary alicyclic amines) is 1. The topological polar surface area (TPSA) is 45.2 Å². The van der Waals surface area contributed by atoms with Gasteiger partial charge >= 0.3 is 0 Å². The molecule has 0 radical (unpaired) electrons. The van der Waals surface area contributed by atoms with E-state index in [0.717, 1.165) is 57.3 Å². The number of piperidine rings is 1. The van der Waals surface area contributed by atoms with Crippen molar-refractivity contribution in [2.75, 3.05) is 13.1 Å². The number of carbonyl (C=O) groups excluding carboxylic acids is 1. The Labute approximate surface area is 183 Å². The highest BCUT2D eigenvalue weighted by Crippen LogP contribution is 2.23. The Morgan fingerprint density at radius 2 is 1.97 bits per heavy atom. The van der Waals surface area contributed by atoms with Crippen LogP contribution in [0.3, 0.4) is 0 Å². The summed E-state index contributed by atoms with van der Waals surface area (Å²) in [5, 5.41) is 4.43. The Morgan fingerprint density at radius 3 is 2.77 bits per heavy atom. The van der Waals surface area contributed by atoms with Crippen molar-refractivity contribution >= 4 is 27.5 Å². The fraction of sp³-hybridized carbons (Fsp3) is 0.440. The fourth-order valence-electron chi connectivity index (χ4n) is 4.19. The van der Waals surface area contributed by atoms with Crippen LogP contribution < -0.4 is 5.32 Å². The predicted octanol–water partition coefficient (Wildman–Crippen LogP) is 5.10. The zero-order valence-electron chi connectivity index (χ0n) is 17.8. The van der Waals surface area contributed by atoms with Gasteiger partial charge in [-0.2, -0.15) is 0 Å². The number of unbranched alkanes of at least 4 members (excludes halogenated alkanes) is 1. The van der Waals surface area contributed by atoms with Crippen LogP contribution in [0.15, 0.2) is 48.5 Å². The molecule has 30 heavy (non-hydrogen) atoms. The SMILES string of the molecule is Cc1cccc(CN2CCC(NC(=O)CCCCc3nc4ccccc4s3)CC2)c1. The number of hydrogen-bond acceptors (Lipinski definition) is 4. The third-order valence-electron chi connectivity index (χ3n) is 5.82. The largest absolute Gasteiger partial charge is 0.353 e. The molecular weight excluding hydrogens is 390 g/mol. The first-order valence-corrected chi connectivity index (χ1v) is 11.9. The maximum Gasteiger partial charge on any atom is 0.220 e. The van der Waals surface area contributed by atoms with Crippen molar-refractivity contribution in [3.8, 4) is 0 Å². The third-order valence-corrected chi connectivity index (χ3v) is 6.92. The van der Waals surface area contributed by atoms with Crippen molar-refractivity contribution in [1.82, 2.24) is 15.2 Å². The Morgan fingerprint density at radius 1 is 1.13 bits per heavy atom. The molecule has 0 unspecified atom stereocenters. The molecule has 4 nitrogen and oxygen atoms in total. The van der Waals surface area contributed by atoms with E-state index in [1.54, 1.807) is 11.3 Å². The van der Waals surface area contributed by atoms with Gasteiger partial charge in [-0.1, -0.05) is 42.0 Å². The number of benzene rings is 2. The molecule has 1 aliphatic heterocycles. The quantitative estimate of drug-likeness (QED) is 0.515. The van der Waals surface area contributed by atoms with Crippen molar-refractivity contribution in [3.63, 3.8) is 0 Å². The lowest BCUT2D eigenvalue weighted by Crippen LogP contribution is -2.44. The number of fused-ring (bicyclic) bond motifs is 1. The molecule has 0 bridgehead atoms. The summed E-state index contributed by atoms with van der Waals surface area (Å²) in [4.78, 5) is 19.5. The number of rotatable bonds is 8. The molecule has 158 valence electrons. The van der Waals surface area contributed by atoms with E-state index in [2.05, 4.69) is 64.6 Å². The lowest BCUT2D eigenvalue weighted by Gasteiger charge is -2.32. The molecule has 0 spiro atoms. The molecule has 0 atom stereocenters. The average molecular weight is 422 g/mol.